The Kier molecular flexibility index (Phi) is 10.2. The normalized spacial score (nSPS) is 13.1. The Morgan fingerprint density at radius 1 is 0.641 bits per heavy atom. The van der Waals surface area contributed by atoms with Crippen LogP contribution >= 0.6 is 0 Å². The highest BCUT2D eigenvalue weighted by Crippen LogP contribution is 2.54. The fourth-order valence-corrected chi connectivity index (χ4v) is 5.65. The lowest BCUT2D eigenvalue weighted by molar-refractivity contribution is -0.382. The van der Waals surface area contributed by atoms with Gasteiger partial charge < -0.3 is 4.55 Å². The lowest BCUT2D eigenvalue weighted by Crippen LogP contribution is -2.63. The summed E-state index contributed by atoms with van der Waals surface area (Å²) in [7, 11) is -7.44. The van der Waals surface area contributed by atoms with Gasteiger partial charge >= 0.3 is 23.3 Å². The summed E-state index contributed by atoms with van der Waals surface area (Å²) in [6.45, 7) is 2.23. The van der Waals surface area contributed by atoms with Crippen molar-refractivity contribution in [1.82, 2.24) is 0 Å². The molecule has 0 saturated heterocycles. The van der Waals surface area contributed by atoms with Crippen molar-refractivity contribution in [3.8, 4) is 0 Å². The minimum Gasteiger partial charge on any atom is -0.743 e. The SMILES string of the molecule is CCCc1ccc([S+](c2ccccc2)c2ccccc2)cc1.O=S(=O)([O-])C(F)(F)C(F)(F)C(F)(F)C(F)(F)F. The van der Waals surface area contributed by atoms with E-state index in [1.807, 2.05) is 0 Å². The molecule has 0 atom stereocenters. The highest BCUT2D eigenvalue weighted by molar-refractivity contribution is 7.97. The third-order valence-corrected chi connectivity index (χ3v) is 8.20. The average molecular weight is 605 g/mol. The average Bonchev–Trinajstić information content (AvgIpc) is 2.85. The van der Waals surface area contributed by atoms with Crippen LogP contribution in [0.4, 0.5) is 39.5 Å². The van der Waals surface area contributed by atoms with Gasteiger partial charge in [0.15, 0.2) is 24.8 Å². The highest BCUT2D eigenvalue weighted by Gasteiger charge is 2.83. The van der Waals surface area contributed by atoms with Crippen molar-refractivity contribution in [2.24, 2.45) is 0 Å². The van der Waals surface area contributed by atoms with E-state index < -0.39 is 33.4 Å². The van der Waals surface area contributed by atoms with Gasteiger partial charge in [-0.1, -0.05) is 61.9 Å². The van der Waals surface area contributed by atoms with Crippen LogP contribution in [0.25, 0.3) is 0 Å². The fourth-order valence-electron chi connectivity index (χ4n) is 3.12. The van der Waals surface area contributed by atoms with Crippen LogP contribution < -0.4 is 0 Å². The molecule has 0 N–H and O–H groups in total. The maximum atomic E-state index is 12.2. The lowest BCUT2D eigenvalue weighted by Gasteiger charge is -2.34. The highest BCUT2D eigenvalue weighted by atomic mass is 32.2. The van der Waals surface area contributed by atoms with Crippen molar-refractivity contribution in [2.75, 3.05) is 0 Å². The Hall–Kier alpha value is -2.71. The van der Waals surface area contributed by atoms with Gasteiger partial charge in [0.2, 0.25) is 0 Å². The van der Waals surface area contributed by atoms with Crippen molar-refractivity contribution in [3.05, 3.63) is 90.5 Å². The molecule has 0 amide bonds. The minimum atomic E-state index is -7.43. The number of alkyl halides is 9. The second-order valence-electron chi connectivity index (χ2n) is 7.94. The van der Waals surface area contributed by atoms with Crippen molar-refractivity contribution < 1.29 is 52.5 Å². The van der Waals surface area contributed by atoms with Gasteiger partial charge in [-0.15, -0.1) is 0 Å². The molecule has 0 spiro atoms. The first-order valence-corrected chi connectivity index (χ1v) is 13.6. The van der Waals surface area contributed by atoms with Gasteiger partial charge in [-0.05, 0) is 48.4 Å². The smallest absolute Gasteiger partial charge is 0.460 e. The predicted molar refractivity (Wildman–Crippen MR) is 126 cm³/mol. The number of aryl methyl sites for hydroxylation is 1. The molecule has 39 heavy (non-hydrogen) atoms. The molecular formula is C25H21F9O3S2. The van der Waals surface area contributed by atoms with Gasteiger partial charge in [0.05, 0.1) is 10.9 Å². The van der Waals surface area contributed by atoms with Gasteiger partial charge in [0.1, 0.15) is 0 Å². The monoisotopic (exact) mass is 604 g/mol. The summed E-state index contributed by atoms with van der Waals surface area (Å²) in [6.07, 6.45) is -4.81. The quantitative estimate of drug-likeness (QED) is 0.151. The first-order valence-electron chi connectivity index (χ1n) is 11.0. The largest absolute Gasteiger partial charge is 0.743 e. The molecule has 3 aromatic rings. The molecule has 3 nitrogen and oxygen atoms in total. The van der Waals surface area contributed by atoms with Crippen molar-refractivity contribution in [1.29, 1.82) is 0 Å². The van der Waals surface area contributed by atoms with Crippen LogP contribution in [0.1, 0.15) is 18.9 Å². The molecule has 0 bridgehead atoms. The Morgan fingerprint density at radius 3 is 1.36 bits per heavy atom. The number of hydrogen-bond acceptors (Lipinski definition) is 3. The van der Waals surface area contributed by atoms with Crippen molar-refractivity contribution in [2.45, 2.75) is 57.7 Å². The second-order valence-corrected chi connectivity index (χ2v) is 11.4. The fraction of sp³-hybridized carbons (Fsp3) is 0.280. The molecule has 0 saturated carbocycles. The first kappa shape index (κ1) is 32.5. The molecule has 0 aliphatic carbocycles. The predicted octanol–water partition coefficient (Wildman–Crippen LogP) is 7.69. The molecular weight excluding hydrogens is 583 g/mol. The molecule has 0 radical (unpaired) electrons. The minimum absolute atomic E-state index is 0.0268. The summed E-state index contributed by atoms with van der Waals surface area (Å²) in [5.41, 5.74) is 1.43. The van der Waals surface area contributed by atoms with E-state index in [4.69, 9.17) is 0 Å². The van der Waals surface area contributed by atoms with E-state index in [1.54, 1.807) is 0 Å². The topological polar surface area (TPSA) is 57.2 Å². The summed E-state index contributed by atoms with van der Waals surface area (Å²) in [6, 6.07) is 30.8. The molecule has 0 aromatic heterocycles. The zero-order valence-corrected chi connectivity index (χ0v) is 21.6. The Bertz CT molecular complexity index is 1260. The molecule has 0 unspecified atom stereocenters. The van der Waals surface area contributed by atoms with Crippen LogP contribution in [0.2, 0.25) is 0 Å². The second kappa shape index (κ2) is 12.2. The lowest BCUT2D eigenvalue weighted by atomic mass is 10.1. The van der Waals surface area contributed by atoms with Gasteiger partial charge in [-0.2, -0.15) is 39.5 Å². The van der Waals surface area contributed by atoms with Crippen LogP contribution in [0.3, 0.4) is 0 Å². The van der Waals surface area contributed by atoms with Gasteiger partial charge in [-0.25, -0.2) is 8.42 Å². The Balaban J connectivity index is 0.000000285. The maximum Gasteiger partial charge on any atom is 0.460 e. The molecule has 14 heteroatoms. The van der Waals surface area contributed by atoms with Crippen LogP contribution in [-0.4, -0.2) is 36.2 Å². The summed E-state index contributed by atoms with van der Waals surface area (Å²) in [4.78, 5) is 4.13. The van der Waals surface area contributed by atoms with E-state index in [0.29, 0.717) is 0 Å². The zero-order valence-electron chi connectivity index (χ0n) is 19.9. The molecule has 0 aliphatic heterocycles. The van der Waals surface area contributed by atoms with E-state index in [-0.39, 0.29) is 10.9 Å². The standard InChI is InChI=1S/C21H21S.C4HF9O3S/c1-2-9-18-14-16-21(17-15-18)22(19-10-5-3-6-11-19)20-12-7-4-8-13-20;5-1(6,3(9,10)11)2(7,8)4(12,13)17(14,15)16/h3-8,10-17H,2,9H2,1H3;(H,14,15,16)/q+1;/p-1. The Labute approximate surface area is 221 Å². The third kappa shape index (κ3) is 7.09. The van der Waals surface area contributed by atoms with Gasteiger partial charge in [0.25, 0.3) is 0 Å². The molecule has 214 valence electrons. The van der Waals surface area contributed by atoms with E-state index in [0.717, 1.165) is 6.42 Å². The van der Waals surface area contributed by atoms with E-state index in [1.165, 1.54) is 26.7 Å². The summed E-state index contributed by atoms with van der Waals surface area (Å²) in [5, 5.41) is -7.11. The van der Waals surface area contributed by atoms with E-state index in [9.17, 15) is 52.5 Å². The maximum absolute atomic E-state index is 12.2. The van der Waals surface area contributed by atoms with Crippen LogP contribution in [0, 0.1) is 0 Å². The number of hydrogen-bond donors (Lipinski definition) is 0. The molecule has 0 heterocycles. The number of benzene rings is 3. The zero-order chi connectivity index (χ0) is 29.7. The molecule has 3 aromatic carbocycles. The van der Waals surface area contributed by atoms with Crippen molar-refractivity contribution >= 4 is 21.0 Å². The van der Waals surface area contributed by atoms with Crippen LogP contribution in [0.15, 0.2) is 99.6 Å². The van der Waals surface area contributed by atoms with Crippen LogP contribution in [0.5, 0.6) is 0 Å². The summed E-state index contributed by atoms with van der Waals surface area (Å²) in [5.74, 6) is -14.8. The third-order valence-electron chi connectivity index (χ3n) is 5.09. The molecule has 0 fully saturated rings. The van der Waals surface area contributed by atoms with Crippen molar-refractivity contribution in [3.63, 3.8) is 0 Å². The molecule has 0 aliphatic rings. The van der Waals surface area contributed by atoms with Crippen LogP contribution in [-0.2, 0) is 27.4 Å². The van der Waals surface area contributed by atoms with E-state index in [2.05, 4.69) is 91.9 Å². The van der Waals surface area contributed by atoms with Gasteiger partial charge in [-0.3, -0.25) is 0 Å². The van der Waals surface area contributed by atoms with E-state index >= 15 is 0 Å². The number of halogens is 9. The Morgan fingerprint density at radius 2 is 1.03 bits per heavy atom. The van der Waals surface area contributed by atoms with Gasteiger partial charge in [0, 0.05) is 0 Å². The summed E-state index contributed by atoms with van der Waals surface area (Å²) < 4.78 is 135. The summed E-state index contributed by atoms with van der Waals surface area (Å²) >= 11 is 0. The first-order chi connectivity index (χ1) is 17.9. The molecule has 3 rings (SSSR count). The number of rotatable bonds is 8.